The Balaban J connectivity index is 2.39. The number of carboxylic acids is 1. The van der Waals surface area contributed by atoms with E-state index in [1.807, 2.05) is 0 Å². The fourth-order valence-corrected chi connectivity index (χ4v) is 2.11. The van der Waals surface area contributed by atoms with Crippen LogP contribution in [0.15, 0.2) is 18.2 Å². The highest BCUT2D eigenvalue weighted by Gasteiger charge is 2.19. The molecule has 0 spiro atoms. The molecule has 0 atom stereocenters. The summed E-state index contributed by atoms with van der Waals surface area (Å²) in [6.07, 6.45) is -0.652. The van der Waals surface area contributed by atoms with E-state index >= 15 is 0 Å². The van der Waals surface area contributed by atoms with Gasteiger partial charge in [-0.15, -0.1) is 0 Å². The van der Waals surface area contributed by atoms with Crippen LogP contribution in [-0.4, -0.2) is 38.5 Å². The molecule has 2 amide bonds. The largest absolute Gasteiger partial charge is 0.480 e. The lowest BCUT2D eigenvalue weighted by Crippen LogP contribution is -2.27. The second-order valence-electron chi connectivity index (χ2n) is 6.12. The molecule has 9 heteroatoms. The van der Waals surface area contributed by atoms with Crippen molar-refractivity contribution < 1.29 is 24.2 Å². The fourth-order valence-electron chi connectivity index (χ4n) is 2.11. The minimum Gasteiger partial charge on any atom is -0.480 e. The number of nitrogens with zero attached hydrogens (tertiary/aromatic N) is 2. The monoisotopic (exact) mass is 334 g/mol. The standard InChI is InChI=1S/C15H18N4O5/c1-15(2,3)24-14(23)17-8-4-5-10-9(6-8)12(13(16)22)18-19(10)7-11(20)21/h4-6H,7H2,1-3H3,(H2,16,22)(H,17,23)(H,20,21). The predicted molar refractivity (Wildman–Crippen MR) is 85.7 cm³/mol. The summed E-state index contributed by atoms with van der Waals surface area (Å²) in [6, 6.07) is 4.59. The summed E-state index contributed by atoms with van der Waals surface area (Å²) in [4.78, 5) is 34.2. The first-order valence-corrected chi connectivity index (χ1v) is 7.09. The molecule has 2 aromatic rings. The van der Waals surface area contributed by atoms with Crippen LogP contribution in [0.1, 0.15) is 31.3 Å². The number of fused-ring (bicyclic) bond motifs is 1. The van der Waals surface area contributed by atoms with Crippen LogP contribution in [0.25, 0.3) is 10.9 Å². The number of carboxylic acid groups (broad SMARTS) is 1. The van der Waals surface area contributed by atoms with Crippen LogP contribution in [0.3, 0.4) is 0 Å². The molecule has 1 heterocycles. The molecule has 0 radical (unpaired) electrons. The zero-order valence-electron chi connectivity index (χ0n) is 13.5. The fraction of sp³-hybridized carbons (Fsp3) is 0.333. The van der Waals surface area contributed by atoms with Crippen LogP contribution in [0.4, 0.5) is 10.5 Å². The molecular weight excluding hydrogens is 316 g/mol. The minimum atomic E-state index is -1.11. The van der Waals surface area contributed by atoms with E-state index in [0.29, 0.717) is 16.6 Å². The van der Waals surface area contributed by atoms with E-state index in [2.05, 4.69) is 10.4 Å². The molecule has 0 aliphatic rings. The number of nitrogens with two attached hydrogens (primary N) is 1. The van der Waals surface area contributed by atoms with E-state index in [0.717, 1.165) is 4.68 Å². The van der Waals surface area contributed by atoms with Gasteiger partial charge in [0.15, 0.2) is 5.69 Å². The Bertz CT molecular complexity index is 819. The van der Waals surface area contributed by atoms with Crippen molar-refractivity contribution in [3.63, 3.8) is 0 Å². The average Bonchev–Trinajstić information content (AvgIpc) is 2.74. The van der Waals surface area contributed by atoms with Crippen molar-refractivity contribution in [3.05, 3.63) is 23.9 Å². The Morgan fingerprint density at radius 3 is 2.54 bits per heavy atom. The maximum atomic E-state index is 11.8. The third-order valence-electron chi connectivity index (χ3n) is 2.91. The van der Waals surface area contributed by atoms with Crippen LogP contribution in [0.5, 0.6) is 0 Å². The van der Waals surface area contributed by atoms with E-state index in [4.69, 9.17) is 15.6 Å². The molecule has 1 aromatic heterocycles. The SMILES string of the molecule is CC(C)(C)OC(=O)Nc1ccc2c(c1)c(C(N)=O)nn2CC(=O)O. The van der Waals surface area contributed by atoms with Crippen LogP contribution in [0, 0.1) is 0 Å². The number of carbonyl (C=O) groups is 3. The number of ether oxygens (including phenoxy) is 1. The lowest BCUT2D eigenvalue weighted by molar-refractivity contribution is -0.137. The van der Waals surface area contributed by atoms with E-state index in [-0.39, 0.29) is 5.69 Å². The Hall–Kier alpha value is -3.10. The summed E-state index contributed by atoms with van der Waals surface area (Å²) in [5.74, 6) is -1.90. The Kier molecular flexibility index (Phi) is 4.45. The summed E-state index contributed by atoms with van der Waals surface area (Å²) in [5, 5.41) is 15.7. The molecule has 24 heavy (non-hydrogen) atoms. The first-order valence-electron chi connectivity index (χ1n) is 7.09. The van der Waals surface area contributed by atoms with Crippen molar-refractivity contribution in [2.24, 2.45) is 5.73 Å². The summed E-state index contributed by atoms with van der Waals surface area (Å²) in [6.45, 7) is 4.79. The van der Waals surface area contributed by atoms with Gasteiger partial charge in [0, 0.05) is 11.1 Å². The van der Waals surface area contributed by atoms with Gasteiger partial charge < -0.3 is 15.6 Å². The number of hydrogen-bond acceptors (Lipinski definition) is 5. The van der Waals surface area contributed by atoms with Gasteiger partial charge in [0.1, 0.15) is 12.1 Å². The molecule has 0 saturated carbocycles. The first-order chi connectivity index (χ1) is 11.1. The lowest BCUT2D eigenvalue weighted by Gasteiger charge is -2.19. The molecule has 2 rings (SSSR count). The minimum absolute atomic E-state index is 0.0703. The van der Waals surface area contributed by atoms with Crippen molar-refractivity contribution in [2.75, 3.05) is 5.32 Å². The molecule has 128 valence electrons. The zero-order valence-corrected chi connectivity index (χ0v) is 13.5. The number of aromatic nitrogens is 2. The van der Waals surface area contributed by atoms with E-state index in [1.54, 1.807) is 32.9 Å². The highest BCUT2D eigenvalue weighted by Crippen LogP contribution is 2.23. The van der Waals surface area contributed by atoms with Crippen LogP contribution < -0.4 is 11.1 Å². The van der Waals surface area contributed by atoms with Crippen molar-refractivity contribution >= 4 is 34.6 Å². The van der Waals surface area contributed by atoms with Gasteiger partial charge in [0.2, 0.25) is 0 Å². The van der Waals surface area contributed by atoms with Gasteiger partial charge in [-0.2, -0.15) is 5.10 Å². The molecule has 1 aromatic carbocycles. The molecule has 9 nitrogen and oxygen atoms in total. The third-order valence-corrected chi connectivity index (χ3v) is 2.91. The second kappa shape index (κ2) is 6.19. The number of hydrogen-bond donors (Lipinski definition) is 3. The molecular formula is C15H18N4O5. The Labute approximate surface area is 137 Å². The zero-order chi connectivity index (χ0) is 18.1. The quantitative estimate of drug-likeness (QED) is 0.776. The Morgan fingerprint density at radius 2 is 2.00 bits per heavy atom. The van der Waals surface area contributed by atoms with E-state index < -0.39 is 30.1 Å². The molecule has 0 fully saturated rings. The summed E-state index contributed by atoms with van der Waals surface area (Å²) >= 11 is 0. The highest BCUT2D eigenvalue weighted by atomic mass is 16.6. The van der Waals surface area contributed by atoms with Crippen molar-refractivity contribution in [1.82, 2.24) is 9.78 Å². The average molecular weight is 334 g/mol. The number of rotatable bonds is 4. The smallest absolute Gasteiger partial charge is 0.412 e. The number of aliphatic carboxylic acids is 1. The maximum absolute atomic E-state index is 11.8. The first kappa shape index (κ1) is 17.3. The normalized spacial score (nSPS) is 11.3. The number of carbonyl (C=O) groups excluding carboxylic acids is 2. The maximum Gasteiger partial charge on any atom is 0.412 e. The topological polar surface area (TPSA) is 137 Å². The predicted octanol–water partition coefficient (Wildman–Crippen LogP) is 1.57. The third kappa shape index (κ3) is 4.00. The number of amides is 2. The van der Waals surface area contributed by atoms with Gasteiger partial charge in [-0.3, -0.25) is 19.6 Å². The van der Waals surface area contributed by atoms with E-state index in [9.17, 15) is 14.4 Å². The van der Waals surface area contributed by atoms with Crippen molar-refractivity contribution in [1.29, 1.82) is 0 Å². The van der Waals surface area contributed by atoms with Crippen LogP contribution in [0.2, 0.25) is 0 Å². The van der Waals surface area contributed by atoms with Gasteiger partial charge in [-0.05, 0) is 39.0 Å². The van der Waals surface area contributed by atoms with Gasteiger partial charge in [-0.25, -0.2) is 4.79 Å². The van der Waals surface area contributed by atoms with Gasteiger partial charge >= 0.3 is 12.1 Å². The number of primary amides is 1. The molecule has 0 saturated heterocycles. The summed E-state index contributed by atoms with van der Waals surface area (Å²) in [5.41, 5.74) is 5.35. The summed E-state index contributed by atoms with van der Waals surface area (Å²) in [7, 11) is 0. The Morgan fingerprint density at radius 1 is 1.33 bits per heavy atom. The number of nitrogens with one attached hydrogen (secondary N) is 1. The van der Waals surface area contributed by atoms with Crippen molar-refractivity contribution in [3.8, 4) is 0 Å². The van der Waals surface area contributed by atoms with Crippen LogP contribution >= 0.6 is 0 Å². The molecule has 0 aliphatic carbocycles. The van der Waals surface area contributed by atoms with Gasteiger partial charge in [0.05, 0.1) is 5.52 Å². The molecule has 4 N–H and O–H groups in total. The number of anilines is 1. The van der Waals surface area contributed by atoms with Gasteiger partial charge in [0.25, 0.3) is 5.91 Å². The molecule has 0 bridgehead atoms. The van der Waals surface area contributed by atoms with E-state index in [1.165, 1.54) is 6.07 Å². The molecule has 0 unspecified atom stereocenters. The lowest BCUT2D eigenvalue weighted by atomic mass is 10.2. The number of benzene rings is 1. The van der Waals surface area contributed by atoms with Gasteiger partial charge in [-0.1, -0.05) is 0 Å². The highest BCUT2D eigenvalue weighted by molar-refractivity contribution is 6.05. The second-order valence-corrected chi connectivity index (χ2v) is 6.12. The van der Waals surface area contributed by atoms with Crippen LogP contribution in [-0.2, 0) is 16.1 Å². The van der Waals surface area contributed by atoms with Crippen molar-refractivity contribution in [2.45, 2.75) is 32.9 Å². The summed E-state index contributed by atoms with van der Waals surface area (Å²) < 4.78 is 6.31. The molecule has 0 aliphatic heterocycles.